The first-order valence-electron chi connectivity index (χ1n) is 17.8. The van der Waals surface area contributed by atoms with Crippen molar-refractivity contribution >= 4 is 35.6 Å². The summed E-state index contributed by atoms with van der Waals surface area (Å²) in [4.78, 5) is 72.1. The van der Waals surface area contributed by atoms with Crippen molar-refractivity contribution < 1.29 is 99.2 Å². The van der Waals surface area contributed by atoms with Crippen molar-refractivity contribution in [2.75, 3.05) is 40.7 Å². The monoisotopic (exact) mass is 806 g/mol. The number of carbonyl (C=O) groups is 6. The fraction of sp³-hybridized carbons (Fsp3) is 0.812. The zero-order valence-electron chi connectivity index (χ0n) is 31.9. The summed E-state index contributed by atoms with van der Waals surface area (Å²) in [5.74, 6) is -3.62. The highest BCUT2D eigenvalue weighted by Gasteiger charge is 2.46. The highest BCUT2D eigenvalue weighted by molar-refractivity contribution is 6.01. The number of aliphatic carboxylic acids is 1. The molecule has 0 spiro atoms. The van der Waals surface area contributed by atoms with E-state index in [1.807, 2.05) is 0 Å². The van der Waals surface area contributed by atoms with E-state index in [1.165, 1.54) is 13.8 Å². The van der Waals surface area contributed by atoms with Gasteiger partial charge in [-0.25, -0.2) is 4.79 Å². The van der Waals surface area contributed by atoms with Gasteiger partial charge in [0.1, 0.15) is 48.7 Å². The first-order chi connectivity index (χ1) is 26.5. The van der Waals surface area contributed by atoms with Crippen molar-refractivity contribution in [3.05, 3.63) is 0 Å². The molecule has 10 unspecified atom stereocenters. The third-order valence-corrected chi connectivity index (χ3v) is 7.82. The second-order valence-electron chi connectivity index (χ2n) is 12.0. The molecule has 3 rings (SSSR count). The maximum absolute atomic E-state index is 11.7. The maximum Gasteiger partial charge on any atom is 0.333 e. The van der Waals surface area contributed by atoms with Gasteiger partial charge in [0.15, 0.2) is 12.6 Å². The van der Waals surface area contributed by atoms with E-state index in [1.54, 1.807) is 0 Å². The lowest BCUT2D eigenvalue weighted by Gasteiger charge is -2.42. The van der Waals surface area contributed by atoms with Crippen LogP contribution in [0.25, 0.3) is 0 Å². The minimum absolute atomic E-state index is 0.0185. The molecule has 10 atom stereocenters. The number of halogens is 1. The molecular formula is C32H56FN3O19. The summed E-state index contributed by atoms with van der Waals surface area (Å²) >= 11 is 0. The Morgan fingerprint density at radius 1 is 0.764 bits per heavy atom. The minimum Gasteiger partial charge on any atom is -0.481 e. The van der Waals surface area contributed by atoms with Crippen molar-refractivity contribution in [1.29, 1.82) is 0 Å². The van der Waals surface area contributed by atoms with Gasteiger partial charge in [-0.15, -0.1) is 5.06 Å². The van der Waals surface area contributed by atoms with Crippen LogP contribution in [0.15, 0.2) is 0 Å². The Kier molecular flexibility index (Phi) is 25.2. The summed E-state index contributed by atoms with van der Waals surface area (Å²) < 4.78 is 37.2. The SMILES string of the molecule is CC(=O)NC1C(OCCCCC(=O)O)OC(CO)C(O)C1O.CC(=O)NC1C(OCCCCC(=O)ON2C(=O)CCC2=O)OC(CO)C(O)C1O.CO.[2H]CF. The van der Waals surface area contributed by atoms with E-state index in [9.17, 15) is 58.7 Å². The standard InChI is InChI=1S/C17H26N2O10.C13H23NO8.CH3F.CH4O/c1-9(21)18-14-16(26)15(25)10(8-20)28-17(14)27-7-3-2-4-13(24)29-19-11(22)5-6-12(19)23;1-7(16)14-10-12(20)11(19)8(6-15)22-13(10)21-5-3-2-4-9(17)18;2*1-2/h10,14-17,20,25-26H,2-8H2,1H3,(H,18,21);8,10-13,15,19-20H,2-6H2,1H3,(H,14,16)(H,17,18);1H3;2H,1H3/i;;1D;. The molecule has 4 amide bonds. The lowest BCUT2D eigenvalue weighted by molar-refractivity contribution is -0.270. The third-order valence-electron chi connectivity index (χ3n) is 7.82. The number of alkyl halides is 1. The number of hydrogen-bond acceptors (Lipinski definition) is 18. The highest BCUT2D eigenvalue weighted by atomic mass is 19.1. The summed E-state index contributed by atoms with van der Waals surface area (Å²) in [6.45, 7) is 1.66. The van der Waals surface area contributed by atoms with E-state index in [0.29, 0.717) is 30.7 Å². The molecule has 3 aliphatic heterocycles. The van der Waals surface area contributed by atoms with E-state index < -0.39 is 117 Å². The topological polar surface area (TPSA) is 338 Å². The van der Waals surface area contributed by atoms with Gasteiger partial charge in [0.05, 0.1) is 21.7 Å². The van der Waals surface area contributed by atoms with Crippen molar-refractivity contribution in [1.82, 2.24) is 15.7 Å². The van der Waals surface area contributed by atoms with E-state index in [2.05, 4.69) is 10.6 Å². The summed E-state index contributed by atoms with van der Waals surface area (Å²) in [6, 6.07) is -2.02. The number of aliphatic hydroxyl groups excluding tert-OH is 7. The van der Waals surface area contributed by atoms with Crippen molar-refractivity contribution in [2.24, 2.45) is 0 Å². The molecule has 10 N–H and O–H groups in total. The van der Waals surface area contributed by atoms with Crippen molar-refractivity contribution in [3.8, 4) is 0 Å². The molecule has 22 nitrogen and oxygen atoms in total. The molecule has 55 heavy (non-hydrogen) atoms. The minimum atomic E-state index is -1.40. The number of unbranched alkanes of at least 4 members (excludes halogenated alkanes) is 2. The molecule has 0 saturated carbocycles. The second kappa shape index (κ2) is 28.0. The van der Waals surface area contributed by atoms with E-state index >= 15 is 0 Å². The zero-order valence-corrected chi connectivity index (χ0v) is 30.9. The summed E-state index contributed by atoms with van der Waals surface area (Å²) in [5.41, 5.74) is 0. The number of imide groups is 1. The van der Waals surface area contributed by atoms with Gasteiger partial charge in [-0.2, -0.15) is 0 Å². The molecule has 0 radical (unpaired) electrons. The molecule has 23 heteroatoms. The largest absolute Gasteiger partial charge is 0.481 e. The highest BCUT2D eigenvalue weighted by Crippen LogP contribution is 2.24. The van der Waals surface area contributed by atoms with Gasteiger partial charge < -0.3 is 75.3 Å². The number of carboxylic acid groups (broad SMARTS) is 1. The number of amides is 4. The quantitative estimate of drug-likeness (QED) is 0.0496. The van der Waals surface area contributed by atoms with Gasteiger partial charge >= 0.3 is 11.9 Å². The smallest absolute Gasteiger partial charge is 0.333 e. The summed E-state index contributed by atoms with van der Waals surface area (Å²) in [6.07, 6.45) is -8.18. The average Bonchev–Trinajstić information content (AvgIpc) is 3.46. The summed E-state index contributed by atoms with van der Waals surface area (Å²) in [7, 11) is 0. The van der Waals surface area contributed by atoms with Gasteiger partial charge in [0, 0.05) is 59.9 Å². The average molecular weight is 807 g/mol. The van der Waals surface area contributed by atoms with Crippen LogP contribution in [0.5, 0.6) is 0 Å². The predicted octanol–water partition coefficient (Wildman–Crippen LogP) is -3.88. The van der Waals surface area contributed by atoms with Gasteiger partial charge in [0.25, 0.3) is 11.8 Å². The van der Waals surface area contributed by atoms with Crippen LogP contribution < -0.4 is 10.6 Å². The van der Waals surface area contributed by atoms with E-state index in [0.717, 1.165) is 7.11 Å². The fourth-order valence-corrected chi connectivity index (χ4v) is 5.18. The number of rotatable bonds is 17. The number of nitrogens with zero attached hydrogens (tertiary/aromatic N) is 1. The molecule has 0 aromatic heterocycles. The fourth-order valence-electron chi connectivity index (χ4n) is 5.18. The molecule has 3 heterocycles. The van der Waals surface area contributed by atoms with Crippen LogP contribution in [0.3, 0.4) is 0 Å². The van der Waals surface area contributed by atoms with Crippen LogP contribution in [0.2, 0.25) is 0 Å². The molecule has 0 bridgehead atoms. The number of hydroxylamine groups is 2. The molecule has 3 aliphatic rings. The number of nitrogens with one attached hydrogen (secondary N) is 2. The Balaban J connectivity index is 0.000000998. The Morgan fingerprint density at radius 2 is 1.15 bits per heavy atom. The maximum atomic E-state index is 11.7. The molecule has 320 valence electrons. The van der Waals surface area contributed by atoms with Gasteiger partial charge in [-0.05, 0) is 25.7 Å². The van der Waals surface area contributed by atoms with Crippen LogP contribution >= 0.6 is 0 Å². The molecular weight excluding hydrogens is 749 g/mol. The second-order valence-corrected chi connectivity index (χ2v) is 12.0. The van der Waals surface area contributed by atoms with Crippen molar-refractivity contribution in [2.45, 2.75) is 127 Å². The number of carbonyl (C=O) groups excluding carboxylic acids is 5. The number of ether oxygens (including phenoxy) is 4. The molecule has 0 aromatic carbocycles. The third kappa shape index (κ3) is 17.9. The summed E-state index contributed by atoms with van der Waals surface area (Å²) in [5, 5.41) is 79.2. The zero-order chi connectivity index (χ0) is 43.0. The Labute approximate surface area is 317 Å². The Hall–Kier alpha value is -3.49. The molecule has 0 aromatic rings. The van der Waals surface area contributed by atoms with E-state index in [-0.39, 0.29) is 38.9 Å². The normalized spacial score (nSPS) is 28.9. The van der Waals surface area contributed by atoms with Crippen LogP contribution in [-0.4, -0.2) is 183 Å². The predicted molar refractivity (Wildman–Crippen MR) is 180 cm³/mol. The first kappa shape index (κ1) is 49.5. The molecule has 3 saturated heterocycles. The molecule has 0 aliphatic carbocycles. The van der Waals surface area contributed by atoms with Gasteiger partial charge in [0.2, 0.25) is 11.8 Å². The molecule has 3 fully saturated rings. The van der Waals surface area contributed by atoms with Gasteiger partial charge in [-0.1, -0.05) is 0 Å². The first-order valence-corrected chi connectivity index (χ1v) is 17.1. The van der Waals surface area contributed by atoms with Crippen LogP contribution in [0.1, 0.15) is 66.6 Å². The van der Waals surface area contributed by atoms with Crippen molar-refractivity contribution in [3.63, 3.8) is 0 Å². The number of carboxylic acids is 1. The van der Waals surface area contributed by atoms with Gasteiger partial charge in [-0.3, -0.25) is 28.4 Å². The lowest BCUT2D eigenvalue weighted by Crippen LogP contribution is -2.64. The number of aliphatic hydroxyl groups is 7. The number of hydrogen-bond donors (Lipinski definition) is 10. The van der Waals surface area contributed by atoms with Crippen LogP contribution in [0, 0.1) is 0 Å². The van der Waals surface area contributed by atoms with Crippen LogP contribution in [-0.2, 0) is 52.6 Å². The lowest BCUT2D eigenvalue weighted by atomic mass is 9.97. The Morgan fingerprint density at radius 3 is 1.49 bits per heavy atom. The Bertz CT molecular complexity index is 1190. The van der Waals surface area contributed by atoms with Crippen LogP contribution in [0.4, 0.5) is 4.39 Å². The van der Waals surface area contributed by atoms with E-state index in [4.69, 9.17) is 40.5 Å².